The van der Waals surface area contributed by atoms with Gasteiger partial charge in [-0.2, -0.15) is 0 Å². The van der Waals surface area contributed by atoms with Crippen molar-refractivity contribution in [3.63, 3.8) is 0 Å². The molecule has 1 atom stereocenters. The fourth-order valence-corrected chi connectivity index (χ4v) is 6.33. The van der Waals surface area contributed by atoms with E-state index in [9.17, 15) is 23.1 Å². The lowest BCUT2D eigenvalue weighted by molar-refractivity contribution is 0.0951. The fraction of sp³-hybridized carbons (Fsp3) is 0.258. The van der Waals surface area contributed by atoms with Crippen molar-refractivity contribution in [3.05, 3.63) is 112 Å². The van der Waals surface area contributed by atoms with Crippen molar-refractivity contribution >= 4 is 44.2 Å². The van der Waals surface area contributed by atoms with Crippen LogP contribution in [0.3, 0.4) is 0 Å². The van der Waals surface area contributed by atoms with Crippen LogP contribution in [-0.4, -0.2) is 45.4 Å². The van der Waals surface area contributed by atoms with Crippen molar-refractivity contribution in [3.8, 4) is 0 Å². The number of β-amino-alcohol motifs (C(OH)–C–C–N with tert-alkyl or cyclic N) is 1. The number of hydrogen-bond acceptors (Lipinski definition) is 8. The van der Waals surface area contributed by atoms with Gasteiger partial charge in [-0.3, -0.25) is 18.7 Å². The van der Waals surface area contributed by atoms with Crippen molar-refractivity contribution in [2.24, 2.45) is 0 Å². The Bertz CT molecular complexity index is 1910. The number of aromatic nitrogens is 3. The Morgan fingerprint density at radius 3 is 2.64 bits per heavy atom. The largest absolute Gasteiger partial charge is 0.387 e. The van der Waals surface area contributed by atoms with E-state index < -0.39 is 16.1 Å². The molecule has 0 bridgehead atoms. The number of benzene rings is 2. The molecule has 0 fully saturated rings. The van der Waals surface area contributed by atoms with E-state index in [1.807, 2.05) is 30.7 Å². The van der Waals surface area contributed by atoms with Gasteiger partial charge in [-0.25, -0.2) is 13.4 Å². The molecule has 1 amide bonds. The molecule has 44 heavy (non-hydrogen) atoms. The maximum absolute atomic E-state index is 12.7. The average Bonchev–Trinajstić information content (AvgIpc) is 3.63. The molecule has 0 unspecified atom stereocenters. The molecule has 0 saturated carbocycles. The summed E-state index contributed by atoms with van der Waals surface area (Å²) in [4.78, 5) is 29.3. The normalized spacial score (nSPS) is 12.7. The maximum atomic E-state index is 12.7. The molecule has 3 aromatic heterocycles. The van der Waals surface area contributed by atoms with Gasteiger partial charge in [0.1, 0.15) is 5.65 Å². The van der Waals surface area contributed by atoms with Gasteiger partial charge in [0.05, 0.1) is 23.1 Å². The standard InChI is InChI=1S/C31H34N6O5S2/c1-31(2,34-20-27(38)21-7-6-8-24(16-21)36-44(41,42)26-9-4-3-5-10-26)12-14-37-13-11-22-15-23(18-32-29(22)37)30(40)33-19-25-17-28(39)35-43-25/h3-11,13,15-18,27,34,36,38H,12,14,19-20H2,1-2H3,(H,33,40)(H,35,39)/t27-/m0/s1. The second kappa shape index (κ2) is 13.1. The summed E-state index contributed by atoms with van der Waals surface area (Å²) in [6.07, 6.45) is 3.35. The fourth-order valence-electron chi connectivity index (χ4n) is 4.66. The Morgan fingerprint density at radius 2 is 1.89 bits per heavy atom. The van der Waals surface area contributed by atoms with Gasteiger partial charge in [-0.15, -0.1) is 0 Å². The summed E-state index contributed by atoms with van der Waals surface area (Å²) in [6, 6.07) is 20.0. The van der Waals surface area contributed by atoms with Gasteiger partial charge in [0, 0.05) is 53.0 Å². The van der Waals surface area contributed by atoms with E-state index in [1.54, 1.807) is 54.7 Å². The number of amides is 1. The minimum atomic E-state index is -3.74. The number of carbonyl (C=O) groups is 1. The number of hydrogen-bond donors (Lipinski definition) is 5. The average molecular weight is 635 g/mol. The zero-order chi connectivity index (χ0) is 31.3. The number of nitrogens with one attached hydrogen (secondary N) is 4. The van der Waals surface area contributed by atoms with Gasteiger partial charge in [0.15, 0.2) is 0 Å². The summed E-state index contributed by atoms with van der Waals surface area (Å²) in [6.45, 7) is 5.28. The molecule has 0 saturated heterocycles. The summed E-state index contributed by atoms with van der Waals surface area (Å²) in [5.74, 6) is -0.268. The zero-order valence-corrected chi connectivity index (χ0v) is 25.9. The van der Waals surface area contributed by atoms with Crippen LogP contribution >= 0.6 is 11.5 Å². The first kappa shape index (κ1) is 31.1. The van der Waals surface area contributed by atoms with E-state index in [2.05, 4.69) is 24.7 Å². The molecule has 0 aliphatic heterocycles. The summed E-state index contributed by atoms with van der Waals surface area (Å²) in [7, 11) is -3.74. The van der Waals surface area contributed by atoms with Gasteiger partial charge in [-0.1, -0.05) is 41.9 Å². The second-order valence-electron chi connectivity index (χ2n) is 11.1. The van der Waals surface area contributed by atoms with Crippen molar-refractivity contribution in [2.75, 3.05) is 11.3 Å². The van der Waals surface area contributed by atoms with Crippen LogP contribution in [0.15, 0.2) is 94.9 Å². The number of rotatable bonds is 13. The Morgan fingerprint density at radius 1 is 1.09 bits per heavy atom. The molecule has 0 aliphatic rings. The SMILES string of the molecule is CC(C)(CCn1ccc2cc(C(=O)NCc3cc(=O)[nH]s3)cnc21)NC[C@H](O)c1cccc(NS(=O)(=O)c2ccccc2)c1. The lowest BCUT2D eigenvalue weighted by atomic mass is 9.99. The highest BCUT2D eigenvalue weighted by atomic mass is 32.2. The molecule has 5 N–H and O–H groups in total. The van der Waals surface area contributed by atoms with Crippen LogP contribution in [0.5, 0.6) is 0 Å². The topological polar surface area (TPSA) is 158 Å². The molecule has 3 heterocycles. The van der Waals surface area contributed by atoms with Crippen LogP contribution in [-0.2, 0) is 23.1 Å². The van der Waals surface area contributed by atoms with Crippen molar-refractivity contribution in [1.82, 2.24) is 24.6 Å². The van der Waals surface area contributed by atoms with Crippen LogP contribution in [0.2, 0.25) is 0 Å². The summed E-state index contributed by atoms with van der Waals surface area (Å²) in [5, 5.41) is 18.0. The second-order valence-corrected chi connectivity index (χ2v) is 13.7. The number of H-pyrrole nitrogens is 1. The first-order valence-electron chi connectivity index (χ1n) is 14.0. The molecule has 0 spiro atoms. The number of pyridine rings is 1. The third kappa shape index (κ3) is 7.80. The first-order chi connectivity index (χ1) is 21.0. The Labute approximate surface area is 259 Å². The van der Waals surface area contributed by atoms with Crippen LogP contribution in [0.4, 0.5) is 5.69 Å². The summed E-state index contributed by atoms with van der Waals surface area (Å²) >= 11 is 1.19. The minimum absolute atomic E-state index is 0.162. The number of aromatic amines is 1. The number of fused-ring (bicyclic) bond motifs is 1. The van der Waals surface area contributed by atoms with Crippen LogP contribution in [0.25, 0.3) is 11.0 Å². The van der Waals surface area contributed by atoms with Gasteiger partial charge in [0.2, 0.25) is 0 Å². The quantitative estimate of drug-likeness (QED) is 0.131. The van der Waals surface area contributed by atoms with Gasteiger partial charge < -0.3 is 20.3 Å². The monoisotopic (exact) mass is 634 g/mol. The highest BCUT2D eigenvalue weighted by molar-refractivity contribution is 7.92. The van der Waals surface area contributed by atoms with Crippen molar-refractivity contribution in [1.29, 1.82) is 0 Å². The number of aliphatic hydroxyl groups is 1. The number of aliphatic hydroxyl groups excluding tert-OH is 1. The van der Waals surface area contributed by atoms with Gasteiger partial charge in [-0.05, 0) is 62.2 Å². The minimum Gasteiger partial charge on any atom is -0.387 e. The molecule has 230 valence electrons. The van der Waals surface area contributed by atoms with E-state index in [-0.39, 0.29) is 35.0 Å². The smallest absolute Gasteiger partial charge is 0.261 e. The number of sulfonamides is 1. The van der Waals surface area contributed by atoms with E-state index in [0.29, 0.717) is 23.4 Å². The summed E-state index contributed by atoms with van der Waals surface area (Å²) in [5.41, 5.74) is 1.63. The number of nitrogens with zero attached hydrogens (tertiary/aromatic N) is 2. The van der Waals surface area contributed by atoms with E-state index >= 15 is 0 Å². The van der Waals surface area contributed by atoms with Crippen LogP contribution < -0.4 is 20.9 Å². The van der Waals surface area contributed by atoms with E-state index in [1.165, 1.54) is 29.7 Å². The lowest BCUT2D eigenvalue weighted by Crippen LogP contribution is -2.42. The first-order valence-corrected chi connectivity index (χ1v) is 16.3. The Balaban J connectivity index is 1.14. The predicted octanol–water partition coefficient (Wildman–Crippen LogP) is 4.01. The zero-order valence-electron chi connectivity index (χ0n) is 24.3. The molecule has 13 heteroatoms. The highest BCUT2D eigenvalue weighted by Crippen LogP contribution is 2.22. The maximum Gasteiger partial charge on any atom is 0.261 e. The number of aryl methyl sites for hydroxylation is 1. The summed E-state index contributed by atoms with van der Waals surface area (Å²) < 4.78 is 32.6. The third-order valence-electron chi connectivity index (χ3n) is 7.19. The third-order valence-corrected chi connectivity index (χ3v) is 9.41. The molecule has 5 rings (SSSR count). The molecule has 5 aromatic rings. The van der Waals surface area contributed by atoms with Crippen molar-refractivity contribution in [2.45, 2.75) is 49.9 Å². The van der Waals surface area contributed by atoms with E-state index in [4.69, 9.17) is 0 Å². The lowest BCUT2D eigenvalue weighted by Gasteiger charge is -2.28. The molecule has 11 nitrogen and oxygen atoms in total. The highest BCUT2D eigenvalue weighted by Gasteiger charge is 2.21. The van der Waals surface area contributed by atoms with Crippen LogP contribution in [0.1, 0.15) is 47.2 Å². The number of anilines is 1. The molecule has 0 radical (unpaired) electrons. The Hall–Kier alpha value is -4.30. The molecular weight excluding hydrogens is 601 g/mol. The van der Waals surface area contributed by atoms with Crippen molar-refractivity contribution < 1.29 is 18.3 Å². The van der Waals surface area contributed by atoms with Gasteiger partial charge >= 0.3 is 0 Å². The number of carbonyl (C=O) groups excluding carboxylic acids is 1. The molecule has 2 aromatic carbocycles. The Kier molecular flexibility index (Phi) is 9.30. The molecule has 0 aliphatic carbocycles. The molecular formula is C31H34N6O5S2. The predicted molar refractivity (Wildman–Crippen MR) is 171 cm³/mol. The van der Waals surface area contributed by atoms with Gasteiger partial charge in [0.25, 0.3) is 21.5 Å². The van der Waals surface area contributed by atoms with Crippen LogP contribution in [0, 0.1) is 0 Å². The van der Waals surface area contributed by atoms with E-state index in [0.717, 1.165) is 22.3 Å².